The predicted molar refractivity (Wildman–Crippen MR) is 121 cm³/mol. The molecule has 3 N–H and O–H groups in total. The van der Waals surface area contributed by atoms with Crippen molar-refractivity contribution >= 4 is 17.8 Å². The molecule has 2 aromatic rings. The number of anilines is 1. The van der Waals surface area contributed by atoms with Crippen LogP contribution in [-0.2, 0) is 20.9 Å². The molecule has 0 radical (unpaired) electrons. The lowest BCUT2D eigenvalue weighted by Crippen LogP contribution is -2.46. The van der Waals surface area contributed by atoms with Crippen molar-refractivity contribution in [3.8, 4) is 0 Å². The van der Waals surface area contributed by atoms with Crippen molar-refractivity contribution in [2.24, 2.45) is 0 Å². The first-order valence-electron chi connectivity index (χ1n) is 11.2. The lowest BCUT2D eigenvalue weighted by atomic mass is 9.89. The number of aromatic nitrogens is 2. The lowest BCUT2D eigenvalue weighted by Gasteiger charge is -2.38. The van der Waals surface area contributed by atoms with Crippen molar-refractivity contribution in [2.75, 3.05) is 25.0 Å². The molecule has 38 heavy (non-hydrogen) atoms. The fraction of sp³-hybridized carbons (Fsp3) is 0.478. The van der Waals surface area contributed by atoms with Crippen LogP contribution in [0.3, 0.4) is 0 Å². The van der Waals surface area contributed by atoms with Gasteiger partial charge in [-0.05, 0) is 43.0 Å². The van der Waals surface area contributed by atoms with Gasteiger partial charge in [-0.3, -0.25) is 9.88 Å². The maximum absolute atomic E-state index is 10.6. The molecular formula is C23H26F6N4O5. The number of carboxylic acid groups (broad SMARTS) is 2. The Labute approximate surface area is 213 Å². The van der Waals surface area contributed by atoms with E-state index < -0.39 is 24.3 Å². The van der Waals surface area contributed by atoms with Crippen molar-refractivity contribution in [1.29, 1.82) is 0 Å². The van der Waals surface area contributed by atoms with E-state index >= 15 is 0 Å². The smallest absolute Gasteiger partial charge is 0.475 e. The number of halogens is 6. The Morgan fingerprint density at radius 3 is 2.24 bits per heavy atom. The zero-order valence-corrected chi connectivity index (χ0v) is 19.9. The number of pyridine rings is 2. The highest BCUT2D eigenvalue weighted by atomic mass is 19.4. The first-order chi connectivity index (χ1) is 17.7. The highest BCUT2D eigenvalue weighted by Gasteiger charge is 2.43. The van der Waals surface area contributed by atoms with Gasteiger partial charge in [-0.15, -0.1) is 0 Å². The van der Waals surface area contributed by atoms with E-state index in [9.17, 15) is 26.3 Å². The van der Waals surface area contributed by atoms with E-state index in [1.807, 2.05) is 42.9 Å². The molecule has 0 aromatic carbocycles. The van der Waals surface area contributed by atoms with Crippen molar-refractivity contribution in [3.63, 3.8) is 0 Å². The number of ether oxygens (including phenoxy) is 1. The van der Waals surface area contributed by atoms with Crippen LogP contribution >= 0.6 is 0 Å². The van der Waals surface area contributed by atoms with E-state index in [1.165, 1.54) is 5.56 Å². The molecule has 15 heteroatoms. The van der Waals surface area contributed by atoms with E-state index in [0.29, 0.717) is 6.04 Å². The minimum atomic E-state index is -5.08. The summed E-state index contributed by atoms with van der Waals surface area (Å²) in [5, 5.41) is 17.8. The normalized spacial score (nSPS) is 21.5. The summed E-state index contributed by atoms with van der Waals surface area (Å²) in [7, 11) is 0. The molecule has 0 amide bonds. The Hall–Kier alpha value is -3.46. The van der Waals surface area contributed by atoms with Gasteiger partial charge < -0.3 is 20.3 Å². The van der Waals surface area contributed by atoms with Crippen LogP contribution in [-0.4, -0.2) is 80.7 Å². The third kappa shape index (κ3) is 10.5. The Morgan fingerprint density at radius 1 is 1.05 bits per heavy atom. The number of alkyl halides is 6. The van der Waals surface area contributed by atoms with Gasteiger partial charge in [0, 0.05) is 50.9 Å². The molecule has 9 nitrogen and oxygen atoms in total. The Morgan fingerprint density at radius 2 is 1.71 bits per heavy atom. The van der Waals surface area contributed by atoms with Crippen LogP contribution < -0.4 is 5.32 Å². The minimum absolute atomic E-state index is 0.00704. The van der Waals surface area contributed by atoms with E-state index in [0.717, 1.165) is 51.3 Å². The molecule has 0 saturated carbocycles. The molecule has 1 spiro atoms. The van der Waals surface area contributed by atoms with E-state index in [2.05, 4.69) is 26.3 Å². The molecule has 2 aromatic heterocycles. The van der Waals surface area contributed by atoms with Gasteiger partial charge in [0.2, 0.25) is 0 Å². The first kappa shape index (κ1) is 30.8. The van der Waals surface area contributed by atoms with Crippen molar-refractivity contribution in [3.05, 3.63) is 54.5 Å². The number of aliphatic carboxylic acids is 2. The van der Waals surface area contributed by atoms with Crippen LogP contribution in [0.4, 0.5) is 32.2 Å². The Kier molecular flexibility index (Phi) is 10.8. The van der Waals surface area contributed by atoms with E-state index in [-0.39, 0.29) is 5.60 Å². The third-order valence-corrected chi connectivity index (χ3v) is 5.52. The van der Waals surface area contributed by atoms with Gasteiger partial charge in [0.15, 0.2) is 0 Å². The number of carbonyl (C=O) groups is 2. The maximum Gasteiger partial charge on any atom is 0.490 e. The molecular weight excluding hydrogens is 526 g/mol. The Balaban J connectivity index is 0.000000301. The molecule has 2 saturated heterocycles. The highest BCUT2D eigenvalue weighted by Crippen LogP contribution is 2.35. The molecule has 0 unspecified atom stereocenters. The number of likely N-dealkylation sites (tertiary alicyclic amines) is 1. The van der Waals surface area contributed by atoms with Crippen molar-refractivity contribution in [1.82, 2.24) is 14.9 Å². The summed E-state index contributed by atoms with van der Waals surface area (Å²) in [6.45, 7) is 3.87. The average molecular weight is 552 g/mol. The van der Waals surface area contributed by atoms with Gasteiger partial charge in [0.1, 0.15) is 5.82 Å². The molecule has 2 aliphatic rings. The fourth-order valence-corrected chi connectivity index (χ4v) is 3.90. The molecule has 0 bridgehead atoms. The molecule has 210 valence electrons. The largest absolute Gasteiger partial charge is 0.490 e. The molecule has 2 aliphatic heterocycles. The quantitative estimate of drug-likeness (QED) is 0.483. The summed E-state index contributed by atoms with van der Waals surface area (Å²) in [6.07, 6.45) is -1.35. The van der Waals surface area contributed by atoms with Gasteiger partial charge in [-0.25, -0.2) is 14.6 Å². The minimum Gasteiger partial charge on any atom is -0.475 e. The average Bonchev–Trinajstić information content (AvgIpc) is 3.21. The number of hydrogen-bond donors (Lipinski definition) is 3. The second kappa shape index (κ2) is 13.4. The lowest BCUT2D eigenvalue weighted by molar-refractivity contribution is -0.193. The summed E-state index contributed by atoms with van der Waals surface area (Å²) >= 11 is 0. The first-order valence-corrected chi connectivity index (χ1v) is 11.2. The molecule has 2 fully saturated rings. The van der Waals surface area contributed by atoms with E-state index in [4.69, 9.17) is 24.5 Å². The standard InChI is InChI=1S/C19H24N4O.2C2HF3O2/c1-2-9-21-18(5-1)22-17-6-11-24-19(12-17)7-10-23(15-19)14-16-4-3-8-20-13-16;2*3-2(4,5)1(6)7/h1-5,8-9,13,17H,6-7,10-12,14-15H2,(H,21,22);2*(H,6,7)/t17-,19+;;/m0../s1. The van der Waals surface area contributed by atoms with Crippen LogP contribution in [0.25, 0.3) is 0 Å². The van der Waals surface area contributed by atoms with Gasteiger partial charge in [0.25, 0.3) is 0 Å². The maximum atomic E-state index is 10.6. The topological polar surface area (TPSA) is 125 Å². The SMILES string of the molecule is O=C(O)C(F)(F)F.O=C(O)C(F)(F)F.c1ccc(N[C@H]2CCO[C@]3(CCN(Cc4cccnc4)C3)C2)nc1. The van der Waals surface area contributed by atoms with Crippen LogP contribution in [0.5, 0.6) is 0 Å². The molecule has 4 heterocycles. The van der Waals surface area contributed by atoms with Crippen LogP contribution in [0.2, 0.25) is 0 Å². The van der Waals surface area contributed by atoms with Crippen molar-refractivity contribution in [2.45, 2.75) is 49.8 Å². The zero-order chi connectivity index (χ0) is 28.4. The molecule has 0 aliphatic carbocycles. The fourth-order valence-electron chi connectivity index (χ4n) is 3.90. The van der Waals surface area contributed by atoms with Crippen LogP contribution in [0.15, 0.2) is 48.9 Å². The van der Waals surface area contributed by atoms with Gasteiger partial charge >= 0.3 is 24.3 Å². The second-order valence-electron chi connectivity index (χ2n) is 8.51. The number of hydrogen-bond acceptors (Lipinski definition) is 7. The van der Waals surface area contributed by atoms with Gasteiger partial charge in [-0.1, -0.05) is 12.1 Å². The van der Waals surface area contributed by atoms with E-state index in [1.54, 1.807) is 0 Å². The summed E-state index contributed by atoms with van der Waals surface area (Å²) in [4.78, 5) is 28.9. The number of rotatable bonds is 4. The van der Waals surface area contributed by atoms with Crippen molar-refractivity contribution < 1.29 is 50.9 Å². The predicted octanol–water partition coefficient (Wildman–Crippen LogP) is 3.98. The molecule has 4 rings (SSSR count). The summed E-state index contributed by atoms with van der Waals surface area (Å²) in [6, 6.07) is 10.6. The monoisotopic (exact) mass is 552 g/mol. The summed E-state index contributed by atoms with van der Waals surface area (Å²) in [5.74, 6) is -4.55. The third-order valence-electron chi connectivity index (χ3n) is 5.52. The number of carboxylic acids is 2. The number of nitrogens with one attached hydrogen (secondary N) is 1. The summed E-state index contributed by atoms with van der Waals surface area (Å²) < 4.78 is 69.7. The second-order valence-corrected chi connectivity index (χ2v) is 8.51. The summed E-state index contributed by atoms with van der Waals surface area (Å²) in [5.41, 5.74) is 1.26. The van der Waals surface area contributed by atoms with Gasteiger partial charge in [0.05, 0.1) is 5.60 Å². The Bertz CT molecular complexity index is 1000. The molecule has 2 atom stereocenters. The van der Waals surface area contributed by atoms with Crippen LogP contribution in [0.1, 0.15) is 24.8 Å². The van der Waals surface area contributed by atoms with Crippen LogP contribution in [0, 0.1) is 0 Å². The van der Waals surface area contributed by atoms with Gasteiger partial charge in [-0.2, -0.15) is 26.3 Å². The highest BCUT2D eigenvalue weighted by molar-refractivity contribution is 5.73. The zero-order valence-electron chi connectivity index (χ0n) is 19.9. The number of nitrogens with zero attached hydrogens (tertiary/aromatic N) is 3.